The van der Waals surface area contributed by atoms with E-state index in [0.29, 0.717) is 10.8 Å². The topological polar surface area (TPSA) is 12.0 Å². The first-order chi connectivity index (χ1) is 8.97. The Morgan fingerprint density at radius 2 is 1.79 bits per heavy atom. The molecule has 0 amide bonds. The number of hydrogen-bond donors (Lipinski definition) is 1. The summed E-state index contributed by atoms with van der Waals surface area (Å²) < 4.78 is 0. The van der Waals surface area contributed by atoms with Crippen molar-refractivity contribution in [3.63, 3.8) is 0 Å². The largest absolute Gasteiger partial charge is 0.309 e. The molecule has 110 valence electrons. The first-order valence-corrected chi connectivity index (χ1v) is 9.55. The van der Waals surface area contributed by atoms with Gasteiger partial charge in [-0.05, 0) is 55.1 Å². The van der Waals surface area contributed by atoms with Gasteiger partial charge in [0.1, 0.15) is 0 Å². The van der Waals surface area contributed by atoms with Gasteiger partial charge in [-0.3, -0.25) is 0 Å². The fraction of sp³-hybridized carbons (Fsp3) is 1.00. The molecule has 0 aliphatic heterocycles. The molecule has 0 aromatic carbocycles. The minimum absolute atomic E-state index is 0.507. The molecule has 3 fully saturated rings. The van der Waals surface area contributed by atoms with E-state index >= 15 is 0 Å². The van der Waals surface area contributed by atoms with Gasteiger partial charge in [0.25, 0.3) is 0 Å². The van der Waals surface area contributed by atoms with Crippen LogP contribution in [-0.2, 0) is 0 Å². The van der Waals surface area contributed by atoms with Crippen molar-refractivity contribution in [2.45, 2.75) is 83.1 Å². The van der Waals surface area contributed by atoms with Crippen LogP contribution in [0, 0.1) is 16.7 Å². The summed E-state index contributed by atoms with van der Waals surface area (Å²) in [6.07, 6.45) is 12.4. The maximum Gasteiger partial charge on any atom is 0.0198 e. The summed E-state index contributed by atoms with van der Waals surface area (Å²) in [7, 11) is 0. The monoisotopic (exact) mass is 281 g/mol. The minimum Gasteiger partial charge on any atom is -0.309 e. The van der Waals surface area contributed by atoms with E-state index in [0.717, 1.165) is 23.3 Å². The molecule has 3 rings (SSSR count). The quantitative estimate of drug-likeness (QED) is 0.819. The van der Waals surface area contributed by atoms with Crippen molar-refractivity contribution in [3.8, 4) is 0 Å². The SMILES string of the molecule is CSC1CCCCC1NC1C(C)(C)[C@H]2CC[C@]1(C)C2. The van der Waals surface area contributed by atoms with Crippen molar-refractivity contribution in [2.75, 3.05) is 6.26 Å². The Kier molecular flexibility index (Phi) is 3.71. The number of thioether (sulfide) groups is 1. The van der Waals surface area contributed by atoms with Crippen LogP contribution in [0.4, 0.5) is 0 Å². The van der Waals surface area contributed by atoms with Gasteiger partial charge in [0.2, 0.25) is 0 Å². The Morgan fingerprint density at radius 3 is 2.42 bits per heavy atom. The van der Waals surface area contributed by atoms with E-state index in [2.05, 4.69) is 44.1 Å². The van der Waals surface area contributed by atoms with Gasteiger partial charge in [-0.25, -0.2) is 0 Å². The molecule has 0 spiro atoms. The zero-order valence-corrected chi connectivity index (χ0v) is 14.0. The van der Waals surface area contributed by atoms with Gasteiger partial charge in [0.15, 0.2) is 0 Å². The second kappa shape index (κ2) is 4.94. The molecule has 1 N–H and O–H groups in total. The van der Waals surface area contributed by atoms with Gasteiger partial charge in [-0.2, -0.15) is 11.8 Å². The molecule has 0 radical (unpaired) electrons. The van der Waals surface area contributed by atoms with E-state index in [-0.39, 0.29) is 0 Å². The number of rotatable bonds is 3. The Hall–Kier alpha value is 0.310. The van der Waals surface area contributed by atoms with E-state index in [4.69, 9.17) is 0 Å². The maximum atomic E-state index is 4.16. The van der Waals surface area contributed by atoms with E-state index in [1.807, 2.05) is 0 Å². The molecule has 0 heterocycles. The highest BCUT2D eigenvalue weighted by molar-refractivity contribution is 7.99. The van der Waals surface area contributed by atoms with Gasteiger partial charge in [0.05, 0.1) is 0 Å². The average Bonchev–Trinajstić information content (AvgIpc) is 2.86. The molecule has 2 heteroatoms. The lowest BCUT2D eigenvalue weighted by Crippen LogP contribution is -2.56. The van der Waals surface area contributed by atoms with E-state index in [1.54, 1.807) is 0 Å². The Balaban J connectivity index is 1.75. The number of fused-ring (bicyclic) bond motifs is 2. The van der Waals surface area contributed by atoms with Crippen molar-refractivity contribution >= 4 is 11.8 Å². The summed E-state index contributed by atoms with van der Waals surface area (Å²) in [5, 5.41) is 5.01. The molecular weight excluding hydrogens is 250 g/mol. The number of nitrogens with one attached hydrogen (secondary N) is 1. The predicted molar refractivity (Wildman–Crippen MR) is 85.7 cm³/mol. The highest BCUT2D eigenvalue weighted by Crippen LogP contribution is 2.62. The summed E-state index contributed by atoms with van der Waals surface area (Å²) in [5.74, 6) is 0.964. The van der Waals surface area contributed by atoms with Crippen LogP contribution in [0.25, 0.3) is 0 Å². The van der Waals surface area contributed by atoms with Gasteiger partial charge in [-0.1, -0.05) is 33.6 Å². The lowest BCUT2D eigenvalue weighted by molar-refractivity contribution is 0.0935. The molecule has 0 saturated heterocycles. The molecular formula is C17H31NS. The lowest BCUT2D eigenvalue weighted by atomic mass is 9.68. The minimum atomic E-state index is 0.507. The first-order valence-electron chi connectivity index (χ1n) is 8.26. The molecule has 1 nitrogen and oxygen atoms in total. The molecule has 3 aliphatic carbocycles. The highest BCUT2D eigenvalue weighted by Gasteiger charge is 2.59. The van der Waals surface area contributed by atoms with Crippen molar-refractivity contribution in [1.82, 2.24) is 5.32 Å². The third kappa shape index (κ3) is 2.27. The fourth-order valence-corrected chi connectivity index (χ4v) is 6.45. The Labute approximate surface area is 123 Å². The van der Waals surface area contributed by atoms with E-state index in [9.17, 15) is 0 Å². The molecule has 3 unspecified atom stereocenters. The van der Waals surface area contributed by atoms with E-state index < -0.39 is 0 Å². The number of hydrogen-bond acceptors (Lipinski definition) is 2. The highest BCUT2D eigenvalue weighted by atomic mass is 32.2. The molecule has 0 aromatic rings. The zero-order chi connectivity index (χ0) is 13.7. The average molecular weight is 282 g/mol. The van der Waals surface area contributed by atoms with Crippen LogP contribution in [-0.4, -0.2) is 23.6 Å². The van der Waals surface area contributed by atoms with Crippen molar-refractivity contribution in [2.24, 2.45) is 16.7 Å². The third-order valence-electron chi connectivity index (χ3n) is 6.66. The fourth-order valence-electron chi connectivity index (χ4n) is 5.50. The van der Waals surface area contributed by atoms with Gasteiger partial charge in [0, 0.05) is 17.3 Å². The summed E-state index contributed by atoms with van der Waals surface area (Å²) >= 11 is 2.09. The van der Waals surface area contributed by atoms with Crippen molar-refractivity contribution in [3.05, 3.63) is 0 Å². The second-order valence-corrected chi connectivity index (χ2v) is 9.26. The summed E-state index contributed by atoms with van der Waals surface area (Å²) in [4.78, 5) is 0. The van der Waals surface area contributed by atoms with Crippen LogP contribution in [0.2, 0.25) is 0 Å². The van der Waals surface area contributed by atoms with Crippen LogP contribution in [0.1, 0.15) is 65.7 Å². The van der Waals surface area contributed by atoms with Crippen LogP contribution in [0.5, 0.6) is 0 Å². The molecule has 3 saturated carbocycles. The van der Waals surface area contributed by atoms with Gasteiger partial charge >= 0.3 is 0 Å². The third-order valence-corrected chi connectivity index (χ3v) is 7.83. The van der Waals surface area contributed by atoms with E-state index in [1.165, 1.54) is 44.9 Å². The van der Waals surface area contributed by atoms with Crippen molar-refractivity contribution in [1.29, 1.82) is 0 Å². The summed E-state index contributed by atoms with van der Waals surface area (Å²) in [5.41, 5.74) is 1.09. The van der Waals surface area contributed by atoms with Crippen molar-refractivity contribution < 1.29 is 0 Å². The van der Waals surface area contributed by atoms with Crippen LogP contribution < -0.4 is 5.32 Å². The van der Waals surface area contributed by atoms with Crippen LogP contribution in [0.3, 0.4) is 0 Å². The predicted octanol–water partition coefficient (Wildman–Crippen LogP) is 4.47. The summed E-state index contributed by atoms with van der Waals surface area (Å²) in [6.45, 7) is 7.60. The Morgan fingerprint density at radius 1 is 1.05 bits per heavy atom. The summed E-state index contributed by atoms with van der Waals surface area (Å²) in [6, 6.07) is 1.51. The van der Waals surface area contributed by atoms with Gasteiger partial charge < -0.3 is 5.32 Å². The molecule has 19 heavy (non-hydrogen) atoms. The smallest absolute Gasteiger partial charge is 0.0198 e. The lowest BCUT2D eigenvalue weighted by Gasteiger charge is -2.47. The molecule has 2 bridgehead atoms. The maximum absolute atomic E-state index is 4.16. The molecule has 3 aliphatic rings. The van der Waals surface area contributed by atoms with Crippen LogP contribution >= 0.6 is 11.8 Å². The second-order valence-electron chi connectivity index (χ2n) is 8.18. The first kappa shape index (κ1) is 14.3. The molecule has 5 atom stereocenters. The zero-order valence-electron chi connectivity index (χ0n) is 13.2. The van der Waals surface area contributed by atoms with Gasteiger partial charge in [-0.15, -0.1) is 0 Å². The molecule has 0 aromatic heterocycles. The standard InChI is InChI=1S/C17H31NS/c1-16(2)12-9-10-17(3,11-12)15(16)18-13-7-5-6-8-14(13)19-4/h12-15,18H,5-11H2,1-4H3/t12-,13?,14?,15?,17+/m0/s1. The Bertz CT molecular complexity index is 335. The normalized spacial score (nSPS) is 48.6. The van der Waals surface area contributed by atoms with Crippen LogP contribution in [0.15, 0.2) is 0 Å².